The highest BCUT2D eigenvalue weighted by molar-refractivity contribution is 7.05. The zero-order valence-electron chi connectivity index (χ0n) is 10.1. The Hall–Kier alpha value is -1.49. The van der Waals surface area contributed by atoms with E-state index in [9.17, 15) is 0 Å². The van der Waals surface area contributed by atoms with E-state index in [0.29, 0.717) is 5.69 Å². The molecule has 0 aliphatic heterocycles. The maximum Gasteiger partial charge on any atom is 0.125 e. The molecule has 0 aliphatic rings. The molecule has 2 aromatic heterocycles. The van der Waals surface area contributed by atoms with Gasteiger partial charge in [0.05, 0.1) is 18.1 Å². The van der Waals surface area contributed by atoms with E-state index in [2.05, 4.69) is 14.3 Å². The molecule has 0 spiro atoms. The van der Waals surface area contributed by atoms with Gasteiger partial charge in [0, 0.05) is 11.1 Å². The van der Waals surface area contributed by atoms with Crippen LogP contribution in [-0.2, 0) is 0 Å². The number of aryl methyl sites for hydroxylation is 2. The van der Waals surface area contributed by atoms with Crippen molar-refractivity contribution in [3.8, 4) is 0 Å². The van der Waals surface area contributed by atoms with Crippen molar-refractivity contribution in [1.82, 2.24) is 14.3 Å². The molecule has 4 nitrogen and oxygen atoms in total. The van der Waals surface area contributed by atoms with Gasteiger partial charge in [0.15, 0.2) is 0 Å². The fourth-order valence-electron chi connectivity index (χ4n) is 0.682. The number of hydrogen-bond acceptors (Lipinski definition) is 5. The van der Waals surface area contributed by atoms with Crippen LogP contribution in [0.2, 0.25) is 0 Å². The summed E-state index contributed by atoms with van der Waals surface area (Å²) in [5.74, 6) is 0.749. The van der Waals surface area contributed by atoms with Crippen LogP contribution in [0.1, 0.15) is 24.5 Å². The van der Waals surface area contributed by atoms with E-state index in [1.165, 1.54) is 16.4 Å². The second-order valence-electron chi connectivity index (χ2n) is 2.69. The van der Waals surface area contributed by atoms with Crippen molar-refractivity contribution in [1.29, 1.82) is 0 Å². The molecule has 0 amide bonds. The second kappa shape index (κ2) is 8.79. The third-order valence-corrected chi connectivity index (χ3v) is 2.02. The molecule has 0 saturated carbocycles. The highest BCUT2D eigenvalue weighted by Crippen LogP contribution is 1.98. The first-order valence-electron chi connectivity index (χ1n) is 5.10. The van der Waals surface area contributed by atoms with Crippen LogP contribution in [0.5, 0.6) is 0 Å². The van der Waals surface area contributed by atoms with Crippen LogP contribution in [0.25, 0.3) is 0 Å². The molecule has 2 N–H and O–H groups in total. The van der Waals surface area contributed by atoms with Gasteiger partial charge in [-0.1, -0.05) is 13.8 Å². The Kier molecular flexibility index (Phi) is 7.97. The predicted octanol–water partition coefficient (Wildman–Crippen LogP) is 2.84. The van der Waals surface area contributed by atoms with Crippen LogP contribution in [0.3, 0.4) is 0 Å². The van der Waals surface area contributed by atoms with E-state index in [-0.39, 0.29) is 0 Å². The maximum atomic E-state index is 5.30. The summed E-state index contributed by atoms with van der Waals surface area (Å²) in [6.07, 6.45) is 4.98. The number of aromatic nitrogens is 3. The number of nitrogens with zero attached hydrogens (tertiary/aromatic N) is 3. The molecule has 5 heteroatoms. The smallest absolute Gasteiger partial charge is 0.125 e. The normalized spacial score (nSPS) is 8.25. The Bertz CT molecular complexity index is 335. The van der Waals surface area contributed by atoms with E-state index in [1.54, 1.807) is 18.6 Å². The van der Waals surface area contributed by atoms with Crippen molar-refractivity contribution >= 4 is 17.2 Å². The number of hydrogen-bond donors (Lipinski definition) is 1. The zero-order chi connectivity index (χ0) is 12.4. The van der Waals surface area contributed by atoms with E-state index in [0.717, 1.165) is 5.82 Å². The molecule has 16 heavy (non-hydrogen) atoms. The summed E-state index contributed by atoms with van der Waals surface area (Å²) < 4.78 is 3.86. The van der Waals surface area contributed by atoms with E-state index in [4.69, 9.17) is 5.73 Å². The van der Waals surface area contributed by atoms with Crippen molar-refractivity contribution in [2.45, 2.75) is 27.7 Å². The summed E-state index contributed by atoms with van der Waals surface area (Å²) in [5, 5.41) is 0. The average molecular weight is 238 g/mol. The number of anilines is 1. The van der Waals surface area contributed by atoms with Gasteiger partial charge in [0.25, 0.3) is 0 Å². The summed E-state index contributed by atoms with van der Waals surface area (Å²) in [7, 11) is 0. The minimum Gasteiger partial charge on any atom is -0.396 e. The van der Waals surface area contributed by atoms with Gasteiger partial charge >= 0.3 is 0 Å². The molecule has 0 aliphatic carbocycles. The molecule has 0 unspecified atom stereocenters. The molecule has 0 saturated heterocycles. The largest absolute Gasteiger partial charge is 0.396 e. The molecule has 0 radical (unpaired) electrons. The van der Waals surface area contributed by atoms with Crippen molar-refractivity contribution in [3.63, 3.8) is 0 Å². The number of nitrogens with two attached hydrogens (primary N) is 1. The lowest BCUT2D eigenvalue weighted by atomic mass is 10.5. The number of rotatable bonds is 0. The van der Waals surface area contributed by atoms with Gasteiger partial charge in [0.2, 0.25) is 0 Å². The third-order valence-electron chi connectivity index (χ3n) is 1.37. The maximum absolute atomic E-state index is 5.30. The Morgan fingerprint density at radius 1 is 1.12 bits per heavy atom. The van der Waals surface area contributed by atoms with Crippen LogP contribution in [0, 0.1) is 13.8 Å². The van der Waals surface area contributed by atoms with Gasteiger partial charge in [-0.15, -0.1) is 0 Å². The van der Waals surface area contributed by atoms with Gasteiger partial charge in [-0.05, 0) is 31.4 Å². The Balaban J connectivity index is 0.000000251. The van der Waals surface area contributed by atoms with Crippen molar-refractivity contribution in [3.05, 3.63) is 35.4 Å². The lowest BCUT2D eigenvalue weighted by Gasteiger charge is -1.88. The summed E-state index contributed by atoms with van der Waals surface area (Å²) >= 11 is 1.53. The summed E-state index contributed by atoms with van der Waals surface area (Å²) in [6.45, 7) is 7.86. The minimum absolute atomic E-state index is 0.607. The van der Waals surface area contributed by atoms with Crippen LogP contribution in [0.4, 0.5) is 5.69 Å². The number of nitrogen functional groups attached to an aromatic ring is 1. The molecule has 0 aromatic carbocycles. The first kappa shape index (κ1) is 14.5. The van der Waals surface area contributed by atoms with Crippen LogP contribution < -0.4 is 5.73 Å². The SMILES string of the molecule is CC.Cc1ccns1.Cc1ncc(N)cn1. The quantitative estimate of drug-likeness (QED) is 0.766. The van der Waals surface area contributed by atoms with Gasteiger partial charge in [-0.25, -0.2) is 14.3 Å². The van der Waals surface area contributed by atoms with Crippen molar-refractivity contribution in [2.24, 2.45) is 0 Å². The standard InChI is InChI=1S/C5H7N3.C4H5NS.C2H6/c1-4-7-2-5(6)3-8-4;1-4-2-3-5-6-4;1-2/h2-3H,6H2,1H3;2-3H,1H3;1-2H3. The van der Waals surface area contributed by atoms with E-state index < -0.39 is 0 Å². The predicted molar refractivity (Wildman–Crippen MR) is 69.4 cm³/mol. The third kappa shape index (κ3) is 6.89. The lowest BCUT2D eigenvalue weighted by molar-refractivity contribution is 1.06. The lowest BCUT2D eigenvalue weighted by Crippen LogP contribution is -1.90. The van der Waals surface area contributed by atoms with Crippen LogP contribution in [-0.4, -0.2) is 14.3 Å². The summed E-state index contributed by atoms with van der Waals surface area (Å²) in [5.41, 5.74) is 5.91. The molecule has 2 rings (SSSR count). The molecule has 0 atom stereocenters. The molecule has 2 heterocycles. The molecule has 88 valence electrons. The van der Waals surface area contributed by atoms with Gasteiger partial charge < -0.3 is 5.73 Å². The zero-order valence-corrected chi connectivity index (χ0v) is 11.0. The van der Waals surface area contributed by atoms with E-state index >= 15 is 0 Å². The van der Waals surface area contributed by atoms with Crippen LogP contribution in [0.15, 0.2) is 24.7 Å². The molecule has 2 aromatic rings. The van der Waals surface area contributed by atoms with Gasteiger partial charge in [-0.3, -0.25) is 0 Å². The monoisotopic (exact) mass is 238 g/mol. The Morgan fingerprint density at radius 2 is 1.69 bits per heavy atom. The minimum atomic E-state index is 0.607. The Labute approximate surface area is 101 Å². The second-order valence-corrected chi connectivity index (χ2v) is 3.72. The average Bonchev–Trinajstić information content (AvgIpc) is 2.77. The van der Waals surface area contributed by atoms with Crippen molar-refractivity contribution in [2.75, 3.05) is 5.73 Å². The van der Waals surface area contributed by atoms with Gasteiger partial charge in [0.1, 0.15) is 5.82 Å². The molecule has 0 bridgehead atoms. The highest BCUT2D eigenvalue weighted by Gasteiger charge is 1.83. The Morgan fingerprint density at radius 3 is 1.94 bits per heavy atom. The summed E-state index contributed by atoms with van der Waals surface area (Å²) in [6, 6.07) is 1.99. The van der Waals surface area contributed by atoms with Gasteiger partial charge in [-0.2, -0.15) is 0 Å². The highest BCUT2D eigenvalue weighted by atomic mass is 32.1. The molecular formula is C11H18N4S. The summed E-state index contributed by atoms with van der Waals surface area (Å²) in [4.78, 5) is 8.96. The molecular weight excluding hydrogens is 220 g/mol. The van der Waals surface area contributed by atoms with E-state index in [1.807, 2.05) is 33.8 Å². The fourth-order valence-corrected chi connectivity index (χ4v) is 1.09. The first-order valence-corrected chi connectivity index (χ1v) is 5.87. The van der Waals surface area contributed by atoms with Crippen molar-refractivity contribution < 1.29 is 0 Å². The molecule has 0 fully saturated rings. The fraction of sp³-hybridized carbons (Fsp3) is 0.364. The topological polar surface area (TPSA) is 64.7 Å². The first-order chi connectivity index (χ1) is 7.68. The van der Waals surface area contributed by atoms with Crippen LogP contribution >= 0.6 is 11.5 Å².